The van der Waals surface area contributed by atoms with Gasteiger partial charge >= 0.3 is 0 Å². The smallest absolute Gasteiger partial charge is 0.260 e. The van der Waals surface area contributed by atoms with Crippen molar-refractivity contribution < 1.29 is 14.6 Å². The molecule has 1 fully saturated rings. The van der Waals surface area contributed by atoms with E-state index in [9.17, 15) is 9.90 Å². The summed E-state index contributed by atoms with van der Waals surface area (Å²) >= 11 is 3.37. The normalized spacial score (nSPS) is 16.5. The van der Waals surface area contributed by atoms with E-state index >= 15 is 0 Å². The predicted molar refractivity (Wildman–Crippen MR) is 100 cm³/mol. The molecule has 0 spiro atoms. The van der Waals surface area contributed by atoms with Gasteiger partial charge in [0.05, 0.1) is 6.10 Å². The number of halogens is 1. The molecule has 1 aliphatic rings. The van der Waals surface area contributed by atoms with Gasteiger partial charge in [-0.2, -0.15) is 0 Å². The maximum absolute atomic E-state index is 12.3. The minimum atomic E-state index is -0.461. The fourth-order valence-corrected chi connectivity index (χ4v) is 3.42. The molecule has 1 saturated heterocycles. The van der Waals surface area contributed by atoms with Gasteiger partial charge in [0, 0.05) is 17.6 Å². The van der Waals surface area contributed by atoms with E-state index in [1.807, 2.05) is 59.5 Å². The summed E-state index contributed by atoms with van der Waals surface area (Å²) in [6.45, 7) is 1.38. The molecule has 2 aromatic rings. The average molecular weight is 404 g/mol. The first-order valence-corrected chi connectivity index (χ1v) is 9.32. The Balaban J connectivity index is 1.46. The van der Waals surface area contributed by atoms with Crippen LogP contribution in [0.1, 0.15) is 24.5 Å². The standard InChI is InChI=1S/C20H22BrNO3/c21-17-6-8-18(9-7-17)25-14-19(23)22-12-10-16(11-13-22)20(24)15-4-2-1-3-5-15/h1-9,16,20,24H,10-14H2/t20-/m1/s1. The van der Waals surface area contributed by atoms with Gasteiger partial charge in [0.15, 0.2) is 6.61 Å². The van der Waals surface area contributed by atoms with Crippen molar-refractivity contribution in [3.8, 4) is 5.75 Å². The van der Waals surface area contributed by atoms with Crippen LogP contribution in [0.5, 0.6) is 5.75 Å². The second kappa shape index (κ2) is 8.50. The molecule has 1 aliphatic heterocycles. The van der Waals surface area contributed by atoms with Gasteiger partial charge in [0.1, 0.15) is 5.75 Å². The van der Waals surface area contributed by atoms with Crippen molar-refractivity contribution in [1.82, 2.24) is 4.90 Å². The van der Waals surface area contributed by atoms with Gasteiger partial charge in [-0.3, -0.25) is 4.79 Å². The van der Waals surface area contributed by atoms with Crippen LogP contribution in [-0.4, -0.2) is 35.6 Å². The molecule has 3 rings (SSSR count). The molecule has 0 bridgehead atoms. The molecule has 1 amide bonds. The van der Waals surface area contributed by atoms with E-state index in [1.54, 1.807) is 0 Å². The molecule has 2 aromatic carbocycles. The maximum atomic E-state index is 12.3. The molecular weight excluding hydrogens is 382 g/mol. The molecule has 0 aromatic heterocycles. The number of likely N-dealkylation sites (tertiary alicyclic amines) is 1. The van der Waals surface area contributed by atoms with Crippen LogP contribution in [0.25, 0.3) is 0 Å². The molecule has 5 heteroatoms. The van der Waals surface area contributed by atoms with E-state index in [-0.39, 0.29) is 18.4 Å². The molecule has 132 valence electrons. The number of hydrogen-bond acceptors (Lipinski definition) is 3. The van der Waals surface area contributed by atoms with Crippen molar-refractivity contribution in [2.24, 2.45) is 5.92 Å². The average Bonchev–Trinajstić information content (AvgIpc) is 2.67. The molecule has 1 N–H and O–H groups in total. The number of benzene rings is 2. The lowest BCUT2D eigenvalue weighted by molar-refractivity contribution is -0.135. The molecular formula is C20H22BrNO3. The van der Waals surface area contributed by atoms with Gasteiger partial charge in [-0.1, -0.05) is 46.3 Å². The van der Waals surface area contributed by atoms with Crippen LogP contribution in [0.3, 0.4) is 0 Å². The fourth-order valence-electron chi connectivity index (χ4n) is 3.15. The van der Waals surface area contributed by atoms with Crippen LogP contribution < -0.4 is 4.74 Å². The largest absolute Gasteiger partial charge is 0.484 e. The number of aliphatic hydroxyl groups is 1. The second-order valence-electron chi connectivity index (χ2n) is 6.32. The van der Waals surface area contributed by atoms with E-state index in [0.717, 1.165) is 22.9 Å². The zero-order valence-corrected chi connectivity index (χ0v) is 15.6. The van der Waals surface area contributed by atoms with E-state index in [4.69, 9.17) is 4.74 Å². The Kier molecular flexibility index (Phi) is 6.10. The van der Waals surface area contributed by atoms with E-state index in [2.05, 4.69) is 15.9 Å². The molecule has 0 radical (unpaired) electrons. The van der Waals surface area contributed by atoms with Crippen LogP contribution in [-0.2, 0) is 4.79 Å². The number of hydrogen-bond donors (Lipinski definition) is 1. The SMILES string of the molecule is O=C(COc1ccc(Br)cc1)N1CCC([C@H](O)c2ccccc2)CC1. The number of nitrogens with zero attached hydrogens (tertiary/aromatic N) is 1. The summed E-state index contributed by atoms with van der Waals surface area (Å²) in [6.07, 6.45) is 1.15. The number of carbonyl (C=O) groups excluding carboxylic acids is 1. The van der Waals surface area contributed by atoms with Gasteiger partial charge in [0.2, 0.25) is 0 Å². The van der Waals surface area contributed by atoms with Crippen molar-refractivity contribution in [2.75, 3.05) is 19.7 Å². The molecule has 25 heavy (non-hydrogen) atoms. The molecule has 1 atom stereocenters. The minimum absolute atomic E-state index is 0.00410. The van der Waals surface area contributed by atoms with Crippen LogP contribution in [0.2, 0.25) is 0 Å². The van der Waals surface area contributed by atoms with Crippen molar-refractivity contribution >= 4 is 21.8 Å². The van der Waals surface area contributed by atoms with E-state index in [0.29, 0.717) is 18.8 Å². The van der Waals surface area contributed by atoms with Crippen LogP contribution in [0.15, 0.2) is 59.1 Å². The minimum Gasteiger partial charge on any atom is -0.484 e. The van der Waals surface area contributed by atoms with Crippen LogP contribution in [0, 0.1) is 5.92 Å². The number of amides is 1. The predicted octanol–water partition coefficient (Wildman–Crippen LogP) is 3.80. The zero-order valence-electron chi connectivity index (χ0n) is 14.0. The number of aliphatic hydroxyl groups excluding tert-OH is 1. The third kappa shape index (κ3) is 4.83. The van der Waals surface area contributed by atoms with Gasteiger partial charge < -0.3 is 14.7 Å². The highest BCUT2D eigenvalue weighted by molar-refractivity contribution is 9.10. The first-order chi connectivity index (χ1) is 12.1. The summed E-state index contributed by atoms with van der Waals surface area (Å²) in [5.74, 6) is 0.875. The highest BCUT2D eigenvalue weighted by Crippen LogP contribution is 2.30. The summed E-state index contributed by atoms with van der Waals surface area (Å²) in [5.41, 5.74) is 0.950. The van der Waals surface area contributed by atoms with Gasteiger partial charge in [-0.05, 0) is 48.6 Å². The Morgan fingerprint density at radius 3 is 2.40 bits per heavy atom. The third-order valence-corrected chi connectivity index (χ3v) is 5.18. The molecule has 0 aliphatic carbocycles. The number of piperidine rings is 1. The Labute approximate surface area is 156 Å². The fraction of sp³-hybridized carbons (Fsp3) is 0.350. The Morgan fingerprint density at radius 2 is 1.76 bits per heavy atom. The lowest BCUT2D eigenvalue weighted by Crippen LogP contribution is -2.42. The number of ether oxygens (including phenoxy) is 1. The molecule has 0 saturated carbocycles. The lowest BCUT2D eigenvalue weighted by Gasteiger charge is -2.34. The van der Waals surface area contributed by atoms with Gasteiger partial charge in [-0.15, -0.1) is 0 Å². The van der Waals surface area contributed by atoms with Crippen LogP contribution in [0.4, 0.5) is 0 Å². The lowest BCUT2D eigenvalue weighted by atomic mass is 9.87. The Morgan fingerprint density at radius 1 is 1.12 bits per heavy atom. The van der Waals surface area contributed by atoms with Crippen molar-refractivity contribution in [2.45, 2.75) is 18.9 Å². The summed E-state index contributed by atoms with van der Waals surface area (Å²) < 4.78 is 6.54. The van der Waals surface area contributed by atoms with Gasteiger partial charge in [0.25, 0.3) is 5.91 Å². The summed E-state index contributed by atoms with van der Waals surface area (Å²) in [6, 6.07) is 17.2. The molecule has 1 heterocycles. The topological polar surface area (TPSA) is 49.8 Å². The third-order valence-electron chi connectivity index (χ3n) is 4.66. The van der Waals surface area contributed by atoms with Crippen molar-refractivity contribution in [3.05, 3.63) is 64.6 Å². The summed E-state index contributed by atoms with van der Waals surface area (Å²) in [7, 11) is 0. The zero-order chi connectivity index (χ0) is 17.6. The number of carbonyl (C=O) groups is 1. The van der Waals surface area contributed by atoms with E-state index in [1.165, 1.54) is 0 Å². The monoisotopic (exact) mass is 403 g/mol. The highest BCUT2D eigenvalue weighted by atomic mass is 79.9. The highest BCUT2D eigenvalue weighted by Gasteiger charge is 2.28. The van der Waals surface area contributed by atoms with E-state index < -0.39 is 6.10 Å². The Hall–Kier alpha value is -1.85. The van der Waals surface area contributed by atoms with Crippen molar-refractivity contribution in [1.29, 1.82) is 0 Å². The van der Waals surface area contributed by atoms with Gasteiger partial charge in [-0.25, -0.2) is 0 Å². The molecule has 0 unspecified atom stereocenters. The number of rotatable bonds is 5. The summed E-state index contributed by atoms with van der Waals surface area (Å²) in [5, 5.41) is 10.5. The van der Waals surface area contributed by atoms with Crippen molar-refractivity contribution in [3.63, 3.8) is 0 Å². The second-order valence-corrected chi connectivity index (χ2v) is 7.23. The maximum Gasteiger partial charge on any atom is 0.260 e. The first kappa shape index (κ1) is 18.0. The summed E-state index contributed by atoms with van der Waals surface area (Å²) in [4.78, 5) is 14.1. The quantitative estimate of drug-likeness (QED) is 0.825. The Bertz CT molecular complexity index is 682. The first-order valence-electron chi connectivity index (χ1n) is 8.52. The van der Waals surface area contributed by atoms with Crippen LogP contribution >= 0.6 is 15.9 Å². The molecule has 4 nitrogen and oxygen atoms in total.